The highest BCUT2D eigenvalue weighted by molar-refractivity contribution is 5.95. The zero-order chi connectivity index (χ0) is 17.6. The van der Waals surface area contributed by atoms with Crippen LogP contribution in [0.1, 0.15) is 23.2 Å². The summed E-state index contributed by atoms with van der Waals surface area (Å²) in [4.78, 5) is 34.6. The van der Waals surface area contributed by atoms with Crippen LogP contribution in [0.3, 0.4) is 0 Å². The number of hydrogen-bond donors (Lipinski definition) is 2. The molecule has 2 N–H and O–H groups in total. The van der Waals surface area contributed by atoms with E-state index in [2.05, 4.69) is 20.8 Å². The van der Waals surface area contributed by atoms with Crippen molar-refractivity contribution in [2.24, 2.45) is 5.92 Å². The average molecular weight is 343 g/mol. The highest BCUT2D eigenvalue weighted by Gasteiger charge is 2.27. The summed E-state index contributed by atoms with van der Waals surface area (Å²) in [5, 5.41) is 0. The first-order valence-electron chi connectivity index (χ1n) is 8.02. The zero-order valence-electron chi connectivity index (χ0n) is 13.5. The summed E-state index contributed by atoms with van der Waals surface area (Å²) in [7, 11) is 0. The third-order valence-corrected chi connectivity index (χ3v) is 4.04. The maximum atomic E-state index is 13.6. The summed E-state index contributed by atoms with van der Waals surface area (Å²) in [6, 6.07) is 7.32. The van der Waals surface area contributed by atoms with Crippen molar-refractivity contribution in [1.82, 2.24) is 20.8 Å². The third kappa shape index (κ3) is 4.09. The number of hydrogen-bond acceptors (Lipinski definition) is 5. The smallest absolute Gasteiger partial charge is 0.272 e. The molecule has 1 aromatic carbocycles. The van der Waals surface area contributed by atoms with Gasteiger partial charge in [-0.1, -0.05) is 12.1 Å². The van der Waals surface area contributed by atoms with E-state index in [1.165, 1.54) is 18.2 Å². The number of amides is 2. The lowest BCUT2D eigenvalue weighted by Crippen LogP contribution is -2.49. The van der Waals surface area contributed by atoms with E-state index in [1.54, 1.807) is 24.5 Å². The summed E-state index contributed by atoms with van der Waals surface area (Å²) in [6.07, 6.45) is 4.82. The van der Waals surface area contributed by atoms with Gasteiger partial charge in [-0.3, -0.25) is 20.4 Å². The molecule has 0 aliphatic carbocycles. The summed E-state index contributed by atoms with van der Waals surface area (Å²) in [5.74, 6) is -1.37. The molecule has 8 heteroatoms. The van der Waals surface area contributed by atoms with Gasteiger partial charge in [0.1, 0.15) is 5.82 Å². The van der Waals surface area contributed by atoms with Crippen molar-refractivity contribution < 1.29 is 14.0 Å². The molecule has 1 fully saturated rings. The van der Waals surface area contributed by atoms with E-state index in [-0.39, 0.29) is 17.4 Å². The van der Waals surface area contributed by atoms with Gasteiger partial charge in [-0.2, -0.15) is 0 Å². The number of nitrogens with zero attached hydrogens (tertiary/aromatic N) is 3. The maximum Gasteiger partial charge on any atom is 0.272 e. The van der Waals surface area contributed by atoms with Crippen LogP contribution in [0, 0.1) is 11.7 Å². The minimum Gasteiger partial charge on any atom is -0.340 e. The highest BCUT2D eigenvalue weighted by atomic mass is 19.1. The lowest BCUT2D eigenvalue weighted by molar-refractivity contribution is -0.126. The Balaban J connectivity index is 1.56. The van der Waals surface area contributed by atoms with E-state index < -0.39 is 11.7 Å². The average Bonchev–Trinajstić information content (AvgIpc) is 2.67. The molecule has 3 rings (SSSR count). The molecule has 1 saturated heterocycles. The molecular formula is C17H18FN5O2. The van der Waals surface area contributed by atoms with Crippen LogP contribution >= 0.6 is 0 Å². The molecule has 1 aliphatic rings. The van der Waals surface area contributed by atoms with Gasteiger partial charge in [0.2, 0.25) is 11.9 Å². The standard InChI is InChI=1S/C17H18FN5O2/c18-14-7-2-1-6-13(14)16(25)22-21-15(24)12-5-3-10-23(11-12)17-19-8-4-9-20-17/h1-2,4,6-9,12H,3,5,10-11H2,(H,21,24)(H,22,25). The Kier molecular flexibility index (Phi) is 5.17. The molecule has 1 unspecified atom stereocenters. The van der Waals surface area contributed by atoms with Crippen LogP contribution in [-0.4, -0.2) is 34.9 Å². The molecule has 1 aliphatic heterocycles. The summed E-state index contributed by atoms with van der Waals surface area (Å²) in [5.41, 5.74) is 4.52. The molecule has 0 spiro atoms. The normalized spacial score (nSPS) is 17.0. The van der Waals surface area contributed by atoms with Crippen LogP contribution in [-0.2, 0) is 4.79 Å². The van der Waals surface area contributed by atoms with Crippen molar-refractivity contribution >= 4 is 17.8 Å². The second kappa shape index (κ2) is 7.69. The van der Waals surface area contributed by atoms with Crippen LogP contribution in [0.15, 0.2) is 42.7 Å². The number of carbonyl (C=O) groups excluding carboxylic acids is 2. The number of rotatable bonds is 3. The molecule has 2 aromatic rings. The van der Waals surface area contributed by atoms with Crippen molar-refractivity contribution in [1.29, 1.82) is 0 Å². The van der Waals surface area contributed by atoms with Crippen molar-refractivity contribution in [3.05, 3.63) is 54.1 Å². The summed E-state index contributed by atoms with van der Waals surface area (Å²) in [6.45, 7) is 1.24. The van der Waals surface area contributed by atoms with Crippen molar-refractivity contribution in [3.8, 4) is 0 Å². The number of carbonyl (C=O) groups is 2. The molecule has 0 saturated carbocycles. The number of halogens is 1. The van der Waals surface area contributed by atoms with Crippen LogP contribution in [0.2, 0.25) is 0 Å². The third-order valence-electron chi connectivity index (χ3n) is 4.04. The molecule has 1 aromatic heterocycles. The molecule has 7 nitrogen and oxygen atoms in total. The highest BCUT2D eigenvalue weighted by Crippen LogP contribution is 2.19. The largest absolute Gasteiger partial charge is 0.340 e. The lowest BCUT2D eigenvalue weighted by atomic mass is 9.98. The quantitative estimate of drug-likeness (QED) is 0.820. The summed E-state index contributed by atoms with van der Waals surface area (Å²) >= 11 is 0. The van der Waals surface area contributed by atoms with Gasteiger partial charge in [0.15, 0.2) is 0 Å². The zero-order valence-corrected chi connectivity index (χ0v) is 13.5. The van der Waals surface area contributed by atoms with Gasteiger partial charge in [0.25, 0.3) is 5.91 Å². The van der Waals surface area contributed by atoms with Gasteiger partial charge in [0, 0.05) is 25.5 Å². The molecule has 25 heavy (non-hydrogen) atoms. The van der Waals surface area contributed by atoms with Gasteiger partial charge in [-0.25, -0.2) is 14.4 Å². The van der Waals surface area contributed by atoms with Crippen molar-refractivity contribution in [2.45, 2.75) is 12.8 Å². The van der Waals surface area contributed by atoms with E-state index >= 15 is 0 Å². The van der Waals surface area contributed by atoms with Gasteiger partial charge in [-0.15, -0.1) is 0 Å². The van der Waals surface area contributed by atoms with E-state index in [0.717, 1.165) is 13.0 Å². The van der Waals surface area contributed by atoms with E-state index in [1.807, 2.05) is 4.90 Å². The first kappa shape index (κ1) is 16.8. The van der Waals surface area contributed by atoms with Crippen LogP contribution in [0.5, 0.6) is 0 Å². The molecule has 0 bridgehead atoms. The minimum absolute atomic E-state index is 0.120. The number of benzene rings is 1. The van der Waals surface area contributed by atoms with E-state index in [0.29, 0.717) is 18.9 Å². The predicted molar refractivity (Wildman–Crippen MR) is 89.0 cm³/mol. The maximum absolute atomic E-state index is 13.6. The summed E-state index contributed by atoms with van der Waals surface area (Å²) < 4.78 is 13.6. The number of nitrogens with one attached hydrogen (secondary N) is 2. The van der Waals surface area contributed by atoms with E-state index in [9.17, 15) is 14.0 Å². The lowest BCUT2D eigenvalue weighted by Gasteiger charge is -2.31. The fourth-order valence-corrected chi connectivity index (χ4v) is 2.76. The predicted octanol–water partition coefficient (Wildman–Crippen LogP) is 1.29. The Morgan fingerprint density at radius 3 is 2.64 bits per heavy atom. The molecule has 1 atom stereocenters. The van der Waals surface area contributed by atoms with Gasteiger partial charge in [-0.05, 0) is 31.0 Å². The molecule has 2 heterocycles. The van der Waals surface area contributed by atoms with Gasteiger partial charge >= 0.3 is 0 Å². The fraction of sp³-hybridized carbons (Fsp3) is 0.294. The minimum atomic E-state index is -0.689. The number of hydrazine groups is 1. The topological polar surface area (TPSA) is 87.2 Å². The molecule has 130 valence electrons. The first-order valence-corrected chi connectivity index (χ1v) is 8.02. The van der Waals surface area contributed by atoms with E-state index in [4.69, 9.17) is 0 Å². The molecule has 2 amide bonds. The monoisotopic (exact) mass is 343 g/mol. The number of aromatic nitrogens is 2. The Morgan fingerprint density at radius 2 is 1.88 bits per heavy atom. The second-order valence-electron chi connectivity index (χ2n) is 5.76. The van der Waals surface area contributed by atoms with Crippen molar-refractivity contribution in [3.63, 3.8) is 0 Å². The second-order valence-corrected chi connectivity index (χ2v) is 5.76. The fourth-order valence-electron chi connectivity index (χ4n) is 2.76. The van der Waals surface area contributed by atoms with Crippen LogP contribution in [0.25, 0.3) is 0 Å². The van der Waals surface area contributed by atoms with Crippen molar-refractivity contribution in [2.75, 3.05) is 18.0 Å². The van der Waals surface area contributed by atoms with Crippen LogP contribution in [0.4, 0.5) is 10.3 Å². The number of anilines is 1. The Bertz CT molecular complexity index is 756. The van der Waals surface area contributed by atoms with Gasteiger partial charge < -0.3 is 4.90 Å². The first-order chi connectivity index (χ1) is 12.1. The Labute approximate surface area is 144 Å². The SMILES string of the molecule is O=C(NNC(=O)C1CCCN(c2ncccn2)C1)c1ccccc1F. The van der Waals surface area contributed by atoms with Crippen LogP contribution < -0.4 is 15.8 Å². The molecule has 0 radical (unpaired) electrons. The Morgan fingerprint density at radius 1 is 1.12 bits per heavy atom. The number of piperidine rings is 1. The molecular weight excluding hydrogens is 325 g/mol. The van der Waals surface area contributed by atoms with Gasteiger partial charge in [0.05, 0.1) is 11.5 Å². The Hall–Kier alpha value is -3.03.